The molecule has 33 heavy (non-hydrogen) atoms. The molecule has 2 aromatic rings. The Balaban J connectivity index is 1.93. The maximum Gasteiger partial charge on any atom is 0.308 e. The van der Waals surface area contributed by atoms with Gasteiger partial charge in [0.15, 0.2) is 5.82 Å². The van der Waals surface area contributed by atoms with Crippen LogP contribution in [0.25, 0.3) is 5.52 Å². The largest absolute Gasteiger partial charge is 0.463 e. The molecule has 178 valence electrons. The lowest BCUT2D eigenvalue weighted by atomic mass is 9.92. The van der Waals surface area contributed by atoms with Crippen molar-refractivity contribution in [3.8, 4) is 6.07 Å². The van der Waals surface area contributed by atoms with Crippen molar-refractivity contribution in [2.75, 3.05) is 11.9 Å². The van der Waals surface area contributed by atoms with E-state index < -0.39 is 47.7 Å². The number of amides is 1. The summed E-state index contributed by atoms with van der Waals surface area (Å²) >= 11 is 0. The molecule has 1 fully saturated rings. The first-order valence-electron chi connectivity index (χ1n) is 10.5. The Labute approximate surface area is 190 Å². The number of aliphatic hydroxyl groups is 2. The number of anilines is 1. The van der Waals surface area contributed by atoms with Crippen LogP contribution in [0.2, 0.25) is 0 Å². The molecule has 1 saturated heterocycles. The number of aliphatic hydroxyl groups excluding tert-OH is 2. The molecule has 2 aromatic heterocycles. The highest BCUT2D eigenvalue weighted by atomic mass is 16.6. The number of aromatic nitrogens is 3. The lowest BCUT2D eigenvalue weighted by Crippen LogP contribution is -2.41. The van der Waals surface area contributed by atoms with Gasteiger partial charge in [-0.25, -0.2) is 9.50 Å². The van der Waals surface area contributed by atoms with E-state index in [1.807, 2.05) is 19.9 Å². The maximum atomic E-state index is 12.4. The lowest BCUT2D eigenvalue weighted by Gasteiger charge is -2.24. The molecular formula is C21H28N6O6. The zero-order valence-electron chi connectivity index (χ0n) is 18.8. The summed E-state index contributed by atoms with van der Waals surface area (Å²) in [4.78, 5) is 28.3. The highest BCUT2D eigenvalue weighted by molar-refractivity contribution is 5.97. The summed E-state index contributed by atoms with van der Waals surface area (Å²) in [5.41, 5.74) is 4.32. The molecule has 1 amide bonds. The molecule has 3 heterocycles. The van der Waals surface area contributed by atoms with Crippen LogP contribution in [-0.4, -0.2) is 67.6 Å². The van der Waals surface area contributed by atoms with Gasteiger partial charge in [-0.2, -0.15) is 10.4 Å². The summed E-state index contributed by atoms with van der Waals surface area (Å²) in [5, 5.41) is 38.0. The highest BCUT2D eigenvalue weighted by Crippen LogP contribution is 2.40. The minimum atomic E-state index is -2.01. The molecular weight excluding hydrogens is 432 g/mol. The molecule has 0 radical (unpaired) electrons. The Morgan fingerprint density at radius 3 is 2.67 bits per heavy atom. The van der Waals surface area contributed by atoms with Crippen LogP contribution in [0.1, 0.15) is 33.4 Å². The molecule has 0 bridgehead atoms. The van der Waals surface area contributed by atoms with Gasteiger partial charge in [0.2, 0.25) is 11.5 Å². The van der Waals surface area contributed by atoms with Crippen LogP contribution in [0, 0.1) is 23.2 Å². The van der Waals surface area contributed by atoms with Crippen LogP contribution in [0.3, 0.4) is 0 Å². The zero-order valence-corrected chi connectivity index (χ0v) is 18.8. The molecule has 5 N–H and O–H groups in total. The van der Waals surface area contributed by atoms with Crippen molar-refractivity contribution in [3.05, 3.63) is 24.2 Å². The molecule has 1 aliphatic rings. The van der Waals surface area contributed by atoms with Gasteiger partial charge in [-0.1, -0.05) is 27.7 Å². The number of nitriles is 1. The molecule has 3 rings (SSSR count). The van der Waals surface area contributed by atoms with Crippen molar-refractivity contribution in [2.45, 2.75) is 57.6 Å². The third-order valence-corrected chi connectivity index (χ3v) is 5.58. The Bertz CT molecular complexity index is 1080. The number of fused-ring (bicyclic) bond motifs is 1. The second kappa shape index (κ2) is 9.40. The van der Waals surface area contributed by atoms with Crippen LogP contribution < -0.4 is 11.1 Å². The molecule has 1 aliphatic heterocycles. The fourth-order valence-corrected chi connectivity index (χ4v) is 3.46. The number of nitrogens with one attached hydrogen (secondary N) is 1. The summed E-state index contributed by atoms with van der Waals surface area (Å²) in [5.74, 6) is -1.28. The third-order valence-electron chi connectivity index (χ3n) is 5.58. The van der Waals surface area contributed by atoms with Crippen LogP contribution in [0.5, 0.6) is 0 Å². The van der Waals surface area contributed by atoms with Gasteiger partial charge in [-0.3, -0.25) is 9.59 Å². The fraction of sp³-hybridized carbons (Fsp3) is 0.571. The Morgan fingerprint density at radius 2 is 2.06 bits per heavy atom. The second-order valence-electron chi connectivity index (χ2n) is 8.61. The van der Waals surface area contributed by atoms with Crippen molar-refractivity contribution in [1.29, 1.82) is 5.26 Å². The number of nitrogens with zero attached hydrogens (tertiary/aromatic N) is 4. The Hall–Kier alpha value is -3.11. The second-order valence-corrected chi connectivity index (χ2v) is 8.61. The van der Waals surface area contributed by atoms with Crippen LogP contribution >= 0.6 is 0 Å². The van der Waals surface area contributed by atoms with Gasteiger partial charge in [-0.05, 0) is 18.1 Å². The van der Waals surface area contributed by atoms with Gasteiger partial charge in [0.1, 0.15) is 42.8 Å². The van der Waals surface area contributed by atoms with E-state index in [9.17, 15) is 25.1 Å². The molecule has 5 atom stereocenters. The number of carbonyl (C=O) groups excluding carboxylic acids is 2. The van der Waals surface area contributed by atoms with Crippen molar-refractivity contribution < 1.29 is 29.3 Å². The molecule has 0 aromatic carbocycles. The number of hydrogen-bond acceptors (Lipinski definition) is 10. The van der Waals surface area contributed by atoms with Crippen molar-refractivity contribution in [3.63, 3.8) is 0 Å². The van der Waals surface area contributed by atoms with Crippen LogP contribution in [-0.2, 0) is 24.7 Å². The predicted octanol–water partition coefficient (Wildman–Crippen LogP) is -0.310. The average molecular weight is 460 g/mol. The molecule has 0 aliphatic carbocycles. The fourth-order valence-electron chi connectivity index (χ4n) is 3.46. The van der Waals surface area contributed by atoms with Crippen molar-refractivity contribution in [1.82, 2.24) is 14.6 Å². The number of ether oxygens (including phenoxy) is 2. The minimum absolute atomic E-state index is 0.0997. The first kappa shape index (κ1) is 24.5. The predicted molar refractivity (Wildman–Crippen MR) is 114 cm³/mol. The first-order valence-corrected chi connectivity index (χ1v) is 10.5. The van der Waals surface area contributed by atoms with E-state index in [-0.39, 0.29) is 24.0 Å². The summed E-state index contributed by atoms with van der Waals surface area (Å²) in [6.07, 6.45) is -3.14. The van der Waals surface area contributed by atoms with Crippen molar-refractivity contribution >= 4 is 23.2 Å². The highest BCUT2D eigenvalue weighted by Gasteiger charge is 2.57. The zero-order chi connectivity index (χ0) is 24.5. The van der Waals surface area contributed by atoms with E-state index >= 15 is 0 Å². The summed E-state index contributed by atoms with van der Waals surface area (Å²) in [6, 6.07) is 4.18. The number of esters is 1. The van der Waals surface area contributed by atoms with Gasteiger partial charge in [0.25, 0.3) is 0 Å². The maximum absolute atomic E-state index is 12.4. The van der Waals surface area contributed by atoms with Gasteiger partial charge >= 0.3 is 5.97 Å². The smallest absolute Gasteiger partial charge is 0.308 e. The lowest BCUT2D eigenvalue weighted by molar-refractivity contribution is -0.154. The van der Waals surface area contributed by atoms with E-state index in [0.717, 1.165) is 6.33 Å². The van der Waals surface area contributed by atoms with Gasteiger partial charge in [0, 0.05) is 0 Å². The minimum Gasteiger partial charge on any atom is -0.463 e. The molecule has 0 spiro atoms. The summed E-state index contributed by atoms with van der Waals surface area (Å²) in [6.45, 7) is 6.58. The average Bonchev–Trinajstić information content (AvgIpc) is 3.32. The topological polar surface area (TPSA) is 185 Å². The molecule has 0 unspecified atom stereocenters. The van der Waals surface area contributed by atoms with Crippen molar-refractivity contribution in [2.24, 2.45) is 17.6 Å². The number of hydrogen-bond donors (Lipinski definition) is 4. The van der Waals surface area contributed by atoms with Gasteiger partial charge in [0.05, 0.1) is 17.7 Å². The molecule has 12 heteroatoms. The third kappa shape index (κ3) is 4.40. The molecule has 12 nitrogen and oxygen atoms in total. The molecule has 0 saturated carbocycles. The first-order chi connectivity index (χ1) is 15.5. The van der Waals surface area contributed by atoms with E-state index in [1.165, 1.54) is 10.6 Å². The summed E-state index contributed by atoms with van der Waals surface area (Å²) in [7, 11) is 0. The van der Waals surface area contributed by atoms with E-state index in [2.05, 4.69) is 15.4 Å². The SMILES string of the molecule is CC(C)C(=O)OC[C@H]1O[C@@](C#N)(c2ccc3c(NC(=O)[C@@H](N)C(C)C)ncnn23)[C@H](O)[C@@H]1O. The monoisotopic (exact) mass is 460 g/mol. The number of rotatable bonds is 7. The Kier molecular flexibility index (Phi) is 6.99. The summed E-state index contributed by atoms with van der Waals surface area (Å²) < 4.78 is 12.2. The Morgan fingerprint density at radius 1 is 1.36 bits per heavy atom. The normalized spacial score (nSPS) is 25.9. The van der Waals surface area contributed by atoms with Gasteiger partial charge in [-0.15, -0.1) is 0 Å². The van der Waals surface area contributed by atoms with E-state index in [0.29, 0.717) is 5.52 Å². The number of carbonyl (C=O) groups is 2. The van der Waals surface area contributed by atoms with E-state index in [1.54, 1.807) is 19.9 Å². The van der Waals surface area contributed by atoms with Crippen LogP contribution in [0.15, 0.2) is 18.5 Å². The quantitative estimate of drug-likeness (QED) is 0.399. The van der Waals surface area contributed by atoms with Gasteiger partial charge < -0.3 is 30.7 Å². The van der Waals surface area contributed by atoms with Crippen LogP contribution in [0.4, 0.5) is 5.82 Å². The number of nitrogens with two attached hydrogens (primary N) is 1. The standard InChI is InChI=1S/C21H28N6O6/c1-10(2)15(23)19(30)26-18-12-5-6-14(27(12)25-9-24-18)21(8-22)17(29)16(28)13(33-21)7-32-20(31)11(3)4/h5-6,9-11,13,15-17,28-29H,7,23H2,1-4H3,(H,24,25,26,30)/t13-,15+,16-,17-,21+/m1/s1. The van der Waals surface area contributed by atoms with E-state index in [4.69, 9.17) is 15.2 Å².